The van der Waals surface area contributed by atoms with Crippen LogP contribution in [0.15, 0.2) is 11.4 Å². The van der Waals surface area contributed by atoms with E-state index >= 15 is 0 Å². The zero-order chi connectivity index (χ0) is 10.3. The molecule has 0 saturated carbocycles. The first kappa shape index (κ1) is 11.9. The summed E-state index contributed by atoms with van der Waals surface area (Å²) in [5, 5.41) is 8.84. The topological polar surface area (TPSA) is 43.7 Å². The van der Waals surface area contributed by atoms with Gasteiger partial charge in [-0.25, -0.2) is 0 Å². The number of rotatable bonds is 2. The molecule has 6 heteroatoms. The Hall–Kier alpha value is -0.620. The molecular weight excluding hydrogens is 246 g/mol. The first-order valence-corrected chi connectivity index (χ1v) is 6.11. The van der Waals surface area contributed by atoms with Crippen molar-refractivity contribution in [2.24, 2.45) is 0 Å². The van der Waals surface area contributed by atoms with Crippen molar-refractivity contribution in [2.45, 2.75) is 12.6 Å². The van der Waals surface area contributed by atoms with Crippen molar-refractivity contribution in [3.05, 3.63) is 17.1 Å². The number of thiophene rings is 1. The van der Waals surface area contributed by atoms with Crippen LogP contribution in [0.3, 0.4) is 0 Å². The Bertz CT molecular complexity index is 481. The molecule has 4 nitrogen and oxygen atoms in total. The highest BCUT2D eigenvalue weighted by molar-refractivity contribution is 7.17. The summed E-state index contributed by atoms with van der Waals surface area (Å²) in [5.41, 5.74) is 2.38. The number of fused-ring (bicyclic) bond motifs is 3. The van der Waals surface area contributed by atoms with E-state index < -0.39 is 0 Å². The van der Waals surface area contributed by atoms with Crippen LogP contribution in [0.4, 0.5) is 0 Å². The third kappa shape index (κ3) is 1.73. The van der Waals surface area contributed by atoms with Crippen molar-refractivity contribution in [3.63, 3.8) is 0 Å². The Kier molecular flexibility index (Phi) is 3.49. The first-order valence-electron chi connectivity index (χ1n) is 5.23. The molecule has 1 atom stereocenters. The van der Waals surface area contributed by atoms with Gasteiger partial charge in [0.1, 0.15) is 18.2 Å². The van der Waals surface area contributed by atoms with E-state index in [0.29, 0.717) is 0 Å². The molecule has 88 valence electrons. The van der Waals surface area contributed by atoms with Gasteiger partial charge in [-0.05, 0) is 11.4 Å². The van der Waals surface area contributed by atoms with Crippen molar-refractivity contribution in [1.29, 1.82) is 0 Å². The summed E-state index contributed by atoms with van der Waals surface area (Å²) in [7, 11) is 2.07. The molecule has 0 amide bonds. The fraction of sp³-hybridized carbons (Fsp3) is 0.500. The maximum absolute atomic E-state index is 5.80. The fourth-order valence-electron chi connectivity index (χ4n) is 2.11. The largest absolute Gasteiger partial charge is 1.00 e. The van der Waals surface area contributed by atoms with E-state index in [-0.39, 0.29) is 18.5 Å². The molecule has 2 aromatic rings. The van der Waals surface area contributed by atoms with E-state index in [9.17, 15) is 0 Å². The third-order valence-electron chi connectivity index (χ3n) is 2.76. The molecule has 0 fully saturated rings. The summed E-state index contributed by atoms with van der Waals surface area (Å²) >= 11 is 1.76. The second kappa shape index (κ2) is 4.71. The number of quaternary nitrogens is 1. The van der Waals surface area contributed by atoms with Crippen LogP contribution in [-0.2, 0) is 11.3 Å². The van der Waals surface area contributed by atoms with Crippen LogP contribution in [0.1, 0.15) is 11.8 Å². The van der Waals surface area contributed by atoms with Crippen LogP contribution in [0.2, 0.25) is 0 Å². The van der Waals surface area contributed by atoms with Crippen LogP contribution in [0.5, 0.6) is 0 Å². The Morgan fingerprint density at radius 3 is 3.38 bits per heavy atom. The maximum atomic E-state index is 5.80. The van der Waals surface area contributed by atoms with Gasteiger partial charge >= 0.3 is 0 Å². The maximum Gasteiger partial charge on any atom is 0.149 e. The molecular formula is C10H14ClN3OS. The lowest BCUT2D eigenvalue weighted by Crippen LogP contribution is -3.00. The average Bonchev–Trinajstić information content (AvgIpc) is 2.77. The minimum Gasteiger partial charge on any atom is -1.00 e. The summed E-state index contributed by atoms with van der Waals surface area (Å²) in [6.07, 6.45) is 0.201. The highest BCUT2D eigenvalue weighted by Crippen LogP contribution is 2.32. The number of aromatic nitrogens is 2. The molecule has 0 spiro atoms. The molecule has 3 rings (SSSR count). The molecule has 0 bridgehead atoms. The van der Waals surface area contributed by atoms with Crippen LogP contribution in [0, 0.1) is 0 Å². The predicted molar refractivity (Wildman–Crippen MR) is 59.0 cm³/mol. The Balaban J connectivity index is 0.000000963. The molecule has 2 aromatic heterocycles. The molecule has 2 N–H and O–H groups in total. The number of hydrogen-bond donors (Lipinski definition) is 1. The Labute approximate surface area is 104 Å². The van der Waals surface area contributed by atoms with Gasteiger partial charge in [0.25, 0.3) is 0 Å². The van der Waals surface area contributed by atoms with E-state index in [1.54, 1.807) is 11.3 Å². The summed E-state index contributed by atoms with van der Waals surface area (Å²) in [4.78, 5) is 0. The quantitative estimate of drug-likeness (QED) is 0.641. The summed E-state index contributed by atoms with van der Waals surface area (Å²) in [6.45, 7) is 2.64. The second-order valence-electron chi connectivity index (χ2n) is 3.75. The number of nitrogens with zero attached hydrogens (tertiary/aromatic N) is 2. The van der Waals surface area contributed by atoms with Gasteiger partial charge in [0.15, 0.2) is 0 Å². The minimum atomic E-state index is 0. The first-order chi connectivity index (χ1) is 7.40. The summed E-state index contributed by atoms with van der Waals surface area (Å²) in [5.74, 6) is 0. The lowest BCUT2D eigenvalue weighted by molar-refractivity contribution is -0.635. The highest BCUT2D eigenvalue weighted by Gasteiger charge is 2.26. The molecule has 1 unspecified atom stereocenters. The molecule has 0 saturated heterocycles. The van der Waals surface area contributed by atoms with Crippen molar-refractivity contribution < 1.29 is 22.5 Å². The smallest absolute Gasteiger partial charge is 0.149 e. The van der Waals surface area contributed by atoms with Crippen LogP contribution >= 0.6 is 11.3 Å². The summed E-state index contributed by atoms with van der Waals surface area (Å²) < 4.78 is 9.20. The number of halogens is 1. The number of likely N-dealkylation sites (N-methyl/N-ethyl adjacent to an activating group) is 1. The van der Waals surface area contributed by atoms with Gasteiger partial charge < -0.3 is 22.5 Å². The van der Waals surface area contributed by atoms with Gasteiger partial charge in [0.2, 0.25) is 0 Å². The van der Waals surface area contributed by atoms with Gasteiger partial charge in [-0.3, -0.25) is 4.68 Å². The molecule has 3 heterocycles. The average molecular weight is 260 g/mol. The normalized spacial score (nSPS) is 19.4. The van der Waals surface area contributed by atoms with E-state index in [2.05, 4.69) is 33.6 Å². The van der Waals surface area contributed by atoms with Crippen LogP contribution in [0.25, 0.3) is 10.2 Å². The van der Waals surface area contributed by atoms with E-state index in [1.165, 1.54) is 10.4 Å². The van der Waals surface area contributed by atoms with Crippen molar-refractivity contribution >= 4 is 21.6 Å². The molecule has 0 radical (unpaired) electrons. The van der Waals surface area contributed by atoms with E-state index in [0.717, 1.165) is 25.2 Å². The Morgan fingerprint density at radius 1 is 1.69 bits per heavy atom. The van der Waals surface area contributed by atoms with Gasteiger partial charge in [0, 0.05) is 0 Å². The minimum absolute atomic E-state index is 0. The van der Waals surface area contributed by atoms with Gasteiger partial charge in [0.05, 0.1) is 30.6 Å². The number of ether oxygens (including phenoxy) is 1. The van der Waals surface area contributed by atoms with E-state index in [4.69, 9.17) is 4.74 Å². The summed E-state index contributed by atoms with van der Waals surface area (Å²) in [6, 6.07) is 2.08. The molecule has 16 heavy (non-hydrogen) atoms. The van der Waals surface area contributed by atoms with Crippen molar-refractivity contribution in [2.75, 3.05) is 20.2 Å². The zero-order valence-electron chi connectivity index (χ0n) is 9.02. The number of hydrogen-bond acceptors (Lipinski definition) is 3. The van der Waals surface area contributed by atoms with Gasteiger partial charge in [-0.15, -0.1) is 11.3 Å². The van der Waals surface area contributed by atoms with Crippen LogP contribution in [-0.4, -0.2) is 30.0 Å². The fourth-order valence-corrected chi connectivity index (χ4v) is 3.03. The molecule has 0 aliphatic carbocycles. The Morgan fingerprint density at radius 2 is 2.56 bits per heavy atom. The van der Waals surface area contributed by atoms with Crippen molar-refractivity contribution in [3.8, 4) is 0 Å². The predicted octanol–water partition coefficient (Wildman–Crippen LogP) is -2.63. The molecule has 0 aromatic carbocycles. The lowest BCUT2D eigenvalue weighted by Gasteiger charge is -2.22. The van der Waals surface area contributed by atoms with Gasteiger partial charge in [-0.2, -0.15) is 5.10 Å². The van der Waals surface area contributed by atoms with Crippen LogP contribution < -0.4 is 17.7 Å². The third-order valence-corrected chi connectivity index (χ3v) is 3.69. The highest BCUT2D eigenvalue weighted by atomic mass is 35.5. The van der Waals surface area contributed by atoms with Crippen molar-refractivity contribution in [1.82, 2.24) is 9.78 Å². The molecule has 1 aliphatic heterocycles. The lowest BCUT2D eigenvalue weighted by atomic mass is 10.2. The second-order valence-corrected chi connectivity index (χ2v) is 4.66. The standard InChI is InChI=1S/C10H13N3OS.ClH/c1-11-6-8-9-10-7(2-5-15-10)12-13(9)3-4-14-8;/h2,5,8,11H,3-4,6H2,1H3;1H. The van der Waals surface area contributed by atoms with E-state index in [1.807, 2.05) is 0 Å². The monoisotopic (exact) mass is 259 g/mol. The molecule has 1 aliphatic rings. The zero-order valence-corrected chi connectivity index (χ0v) is 10.6. The SMILES string of the molecule is C[NH2+]CC1OCCn2nc3ccsc3c21.[Cl-]. The van der Waals surface area contributed by atoms with Gasteiger partial charge in [-0.1, -0.05) is 0 Å². The number of nitrogens with two attached hydrogens (primary N) is 1.